The van der Waals surface area contributed by atoms with Gasteiger partial charge < -0.3 is 11.1 Å². The Bertz CT molecular complexity index is 335. The van der Waals surface area contributed by atoms with Gasteiger partial charge in [-0.25, -0.2) is 9.97 Å². The third-order valence-electron chi connectivity index (χ3n) is 1.92. The van der Waals surface area contributed by atoms with Gasteiger partial charge in [0.25, 0.3) is 0 Å². The molecule has 0 unspecified atom stereocenters. The second-order valence-electron chi connectivity index (χ2n) is 3.05. The molecule has 5 nitrogen and oxygen atoms in total. The number of nitrogens with zero attached hydrogens (tertiary/aromatic N) is 2. The lowest BCUT2D eigenvalue weighted by Gasteiger charge is -2.03. The minimum absolute atomic E-state index is 0.00722. The molecule has 0 bridgehead atoms. The summed E-state index contributed by atoms with van der Waals surface area (Å²) in [6.07, 6.45) is 4.92. The van der Waals surface area contributed by atoms with Gasteiger partial charge in [-0.15, -0.1) is 0 Å². The van der Waals surface area contributed by atoms with E-state index in [0.717, 1.165) is 12.8 Å². The van der Waals surface area contributed by atoms with E-state index in [-0.39, 0.29) is 17.6 Å². The number of nitrogen functional groups attached to an aromatic ring is 1. The summed E-state index contributed by atoms with van der Waals surface area (Å²) in [5.41, 5.74) is 5.50. The smallest absolute Gasteiger partial charge is 0.228 e. The van der Waals surface area contributed by atoms with Crippen LogP contribution < -0.4 is 11.1 Å². The number of nitrogens with two attached hydrogens (primary N) is 1. The topological polar surface area (TPSA) is 80.9 Å². The van der Waals surface area contributed by atoms with E-state index in [4.69, 9.17) is 5.73 Å². The Labute approximate surface area is 75.4 Å². The molecule has 1 heterocycles. The van der Waals surface area contributed by atoms with Crippen molar-refractivity contribution in [1.82, 2.24) is 9.97 Å². The SMILES string of the molecule is Nc1nccnc1NC(=O)C1CC1. The van der Waals surface area contributed by atoms with E-state index in [1.807, 2.05) is 0 Å². The molecule has 3 N–H and O–H groups in total. The largest absolute Gasteiger partial charge is 0.381 e. The molecule has 0 spiro atoms. The molecule has 0 saturated heterocycles. The second-order valence-corrected chi connectivity index (χ2v) is 3.05. The fourth-order valence-electron chi connectivity index (χ4n) is 1.01. The lowest BCUT2D eigenvalue weighted by molar-refractivity contribution is -0.117. The highest BCUT2D eigenvalue weighted by Gasteiger charge is 2.30. The molecule has 0 radical (unpaired) electrons. The molecule has 1 aromatic rings. The van der Waals surface area contributed by atoms with Crippen LogP contribution in [-0.2, 0) is 4.79 Å². The Hall–Kier alpha value is -1.65. The fraction of sp³-hybridized carbons (Fsp3) is 0.375. The quantitative estimate of drug-likeness (QED) is 0.687. The highest BCUT2D eigenvalue weighted by Crippen LogP contribution is 2.30. The maximum atomic E-state index is 11.3. The Morgan fingerprint density at radius 1 is 1.46 bits per heavy atom. The molecule has 1 saturated carbocycles. The van der Waals surface area contributed by atoms with Crippen molar-refractivity contribution < 1.29 is 4.79 Å². The molecule has 1 fully saturated rings. The summed E-state index contributed by atoms with van der Waals surface area (Å²) < 4.78 is 0. The van der Waals surface area contributed by atoms with Crippen LogP contribution in [0.3, 0.4) is 0 Å². The van der Waals surface area contributed by atoms with Gasteiger partial charge in [0.05, 0.1) is 0 Å². The first-order valence-corrected chi connectivity index (χ1v) is 4.14. The number of aromatic nitrogens is 2. The summed E-state index contributed by atoms with van der Waals surface area (Å²) in [4.78, 5) is 19.0. The number of amides is 1. The van der Waals surface area contributed by atoms with Crippen LogP contribution in [0.1, 0.15) is 12.8 Å². The van der Waals surface area contributed by atoms with Crippen molar-refractivity contribution in [2.45, 2.75) is 12.8 Å². The zero-order valence-corrected chi connectivity index (χ0v) is 7.03. The first kappa shape index (κ1) is 7.97. The minimum Gasteiger partial charge on any atom is -0.381 e. The summed E-state index contributed by atoms with van der Waals surface area (Å²) in [6, 6.07) is 0. The first-order valence-electron chi connectivity index (χ1n) is 4.14. The van der Waals surface area contributed by atoms with E-state index in [9.17, 15) is 4.79 Å². The van der Waals surface area contributed by atoms with E-state index < -0.39 is 0 Å². The molecule has 2 rings (SSSR count). The average Bonchev–Trinajstić information content (AvgIpc) is 2.91. The predicted molar refractivity (Wildman–Crippen MR) is 47.8 cm³/mol. The monoisotopic (exact) mass is 178 g/mol. The second kappa shape index (κ2) is 3.01. The Morgan fingerprint density at radius 3 is 2.77 bits per heavy atom. The predicted octanol–water partition coefficient (Wildman–Crippen LogP) is 0.407. The van der Waals surface area contributed by atoms with Crippen molar-refractivity contribution in [2.24, 2.45) is 5.92 Å². The lowest BCUT2D eigenvalue weighted by atomic mass is 10.4. The van der Waals surface area contributed by atoms with Crippen molar-refractivity contribution in [3.05, 3.63) is 12.4 Å². The minimum atomic E-state index is -0.00722. The molecule has 0 aromatic carbocycles. The zero-order valence-electron chi connectivity index (χ0n) is 7.03. The zero-order chi connectivity index (χ0) is 9.26. The number of hydrogen-bond donors (Lipinski definition) is 2. The number of carbonyl (C=O) groups is 1. The maximum absolute atomic E-state index is 11.3. The standard InChI is InChI=1S/C8H10N4O/c9-6-7(11-4-3-10-6)12-8(13)5-1-2-5/h3-5H,1-2H2,(H2,9,10)(H,11,12,13). The Balaban J connectivity index is 2.08. The van der Waals surface area contributed by atoms with E-state index in [0.29, 0.717) is 5.82 Å². The molecular formula is C8H10N4O. The normalized spacial score (nSPS) is 15.4. The molecule has 1 aliphatic rings. The molecule has 1 aromatic heterocycles. The van der Waals surface area contributed by atoms with Crippen LogP contribution in [0.25, 0.3) is 0 Å². The maximum Gasteiger partial charge on any atom is 0.228 e. The number of hydrogen-bond acceptors (Lipinski definition) is 4. The number of rotatable bonds is 2. The van der Waals surface area contributed by atoms with Crippen LogP contribution in [0.2, 0.25) is 0 Å². The summed E-state index contributed by atoms with van der Waals surface area (Å²) >= 11 is 0. The van der Waals surface area contributed by atoms with Crippen molar-refractivity contribution >= 4 is 17.5 Å². The number of nitrogens with one attached hydrogen (secondary N) is 1. The van der Waals surface area contributed by atoms with Gasteiger partial charge in [0.15, 0.2) is 11.6 Å². The molecule has 0 aliphatic heterocycles. The van der Waals surface area contributed by atoms with Crippen LogP contribution in [0.5, 0.6) is 0 Å². The van der Waals surface area contributed by atoms with Crippen LogP contribution in [0.15, 0.2) is 12.4 Å². The summed E-state index contributed by atoms with van der Waals surface area (Å²) in [5.74, 6) is 0.768. The van der Waals surface area contributed by atoms with E-state index >= 15 is 0 Å². The van der Waals surface area contributed by atoms with Crippen LogP contribution in [0.4, 0.5) is 11.6 Å². The Morgan fingerprint density at radius 2 is 2.15 bits per heavy atom. The van der Waals surface area contributed by atoms with Gasteiger partial charge in [-0.1, -0.05) is 0 Å². The van der Waals surface area contributed by atoms with Crippen molar-refractivity contribution in [3.63, 3.8) is 0 Å². The van der Waals surface area contributed by atoms with Gasteiger partial charge in [0.1, 0.15) is 0 Å². The van der Waals surface area contributed by atoms with Gasteiger partial charge in [-0.05, 0) is 12.8 Å². The molecule has 13 heavy (non-hydrogen) atoms. The lowest BCUT2D eigenvalue weighted by Crippen LogP contribution is -2.16. The summed E-state index contributed by atoms with van der Waals surface area (Å²) in [6.45, 7) is 0. The number of anilines is 2. The van der Waals surface area contributed by atoms with E-state index in [1.165, 1.54) is 12.4 Å². The molecular weight excluding hydrogens is 168 g/mol. The first-order chi connectivity index (χ1) is 6.27. The molecule has 1 amide bonds. The molecule has 0 atom stereocenters. The van der Waals surface area contributed by atoms with Crippen LogP contribution in [-0.4, -0.2) is 15.9 Å². The number of carbonyl (C=O) groups excluding carboxylic acids is 1. The van der Waals surface area contributed by atoms with Crippen molar-refractivity contribution in [2.75, 3.05) is 11.1 Å². The van der Waals surface area contributed by atoms with Crippen molar-refractivity contribution in [3.8, 4) is 0 Å². The van der Waals surface area contributed by atoms with Gasteiger partial charge in [-0.2, -0.15) is 0 Å². The van der Waals surface area contributed by atoms with Gasteiger partial charge >= 0.3 is 0 Å². The molecule has 68 valence electrons. The fourth-order valence-corrected chi connectivity index (χ4v) is 1.01. The van der Waals surface area contributed by atoms with Gasteiger partial charge in [0, 0.05) is 18.3 Å². The van der Waals surface area contributed by atoms with E-state index in [1.54, 1.807) is 0 Å². The highest BCUT2D eigenvalue weighted by atomic mass is 16.2. The van der Waals surface area contributed by atoms with Crippen molar-refractivity contribution in [1.29, 1.82) is 0 Å². The third-order valence-corrected chi connectivity index (χ3v) is 1.92. The summed E-state index contributed by atoms with van der Waals surface area (Å²) in [5, 5.41) is 2.63. The molecule has 1 aliphatic carbocycles. The summed E-state index contributed by atoms with van der Waals surface area (Å²) in [7, 11) is 0. The van der Waals surface area contributed by atoms with Crippen LogP contribution in [0, 0.1) is 5.92 Å². The van der Waals surface area contributed by atoms with Gasteiger partial charge in [-0.3, -0.25) is 4.79 Å². The average molecular weight is 178 g/mol. The van der Waals surface area contributed by atoms with Gasteiger partial charge in [0.2, 0.25) is 5.91 Å². The third kappa shape index (κ3) is 1.74. The van der Waals surface area contributed by atoms with Crippen LogP contribution >= 0.6 is 0 Å². The highest BCUT2D eigenvalue weighted by molar-refractivity contribution is 5.94. The Kier molecular flexibility index (Phi) is 1.84. The van der Waals surface area contributed by atoms with E-state index in [2.05, 4.69) is 15.3 Å². The molecule has 5 heteroatoms.